The number of hydrogen-bond acceptors (Lipinski definition) is 1. The number of hydrogen-bond donors (Lipinski definition) is 0. The zero-order valence-electron chi connectivity index (χ0n) is 3.97. The molecule has 0 amide bonds. The first kappa shape index (κ1) is 5.60. The summed E-state index contributed by atoms with van der Waals surface area (Å²) >= 11 is 4.75. The van der Waals surface area contributed by atoms with Crippen LogP contribution in [0.25, 0.3) is 0 Å². The minimum absolute atomic E-state index is 0.292. The summed E-state index contributed by atoms with van der Waals surface area (Å²) < 4.78 is 0.931. The van der Waals surface area contributed by atoms with Gasteiger partial charge in [-0.1, -0.05) is 0 Å². The van der Waals surface area contributed by atoms with Crippen molar-refractivity contribution in [2.24, 2.45) is 0 Å². The molecule has 1 rings (SSSR count). The molecule has 0 spiro atoms. The summed E-state index contributed by atoms with van der Waals surface area (Å²) in [4.78, 5) is 0. The Morgan fingerprint density at radius 1 is 1.50 bits per heavy atom. The molecule has 1 heterocycles. The standard InChI is InChI=1S/C5H4NO.Cu/c7-6-4-2-1-3-5-6;/h1-4H;. The van der Waals surface area contributed by atoms with Gasteiger partial charge in [0.05, 0.1) is 0 Å². The van der Waals surface area contributed by atoms with Crippen LogP contribution in [0.1, 0.15) is 0 Å². The fraction of sp³-hybridized carbons (Fsp3) is 0. The van der Waals surface area contributed by atoms with Gasteiger partial charge in [-0.05, 0) is 0 Å². The Morgan fingerprint density at radius 3 is 2.62 bits per heavy atom. The van der Waals surface area contributed by atoms with Crippen LogP contribution in [0, 0.1) is 5.21 Å². The van der Waals surface area contributed by atoms with E-state index in [1.807, 2.05) is 0 Å². The minimum atomic E-state index is 0.292. The Hall–Kier alpha value is -0.531. The van der Waals surface area contributed by atoms with E-state index in [9.17, 15) is 5.21 Å². The Balaban J connectivity index is 3.13. The topological polar surface area (TPSA) is 26.9 Å². The number of pyridine rings is 1. The molecular formula is C5H4CuNO. The van der Waals surface area contributed by atoms with E-state index in [0.29, 0.717) is 9.32 Å². The van der Waals surface area contributed by atoms with Crippen molar-refractivity contribution in [1.29, 1.82) is 0 Å². The molecule has 0 aromatic carbocycles. The van der Waals surface area contributed by atoms with Crippen LogP contribution in [-0.4, -0.2) is 0 Å². The Morgan fingerprint density at radius 2 is 2.25 bits per heavy atom. The fourth-order valence-corrected chi connectivity index (χ4v) is 0.555. The van der Waals surface area contributed by atoms with Gasteiger partial charge in [0.1, 0.15) is 0 Å². The Kier molecular flexibility index (Phi) is 1.51. The van der Waals surface area contributed by atoms with Gasteiger partial charge in [0, 0.05) is 0 Å². The second-order valence-corrected chi connectivity index (χ2v) is 1.79. The van der Waals surface area contributed by atoms with Crippen molar-refractivity contribution in [1.82, 2.24) is 0 Å². The van der Waals surface area contributed by atoms with Crippen LogP contribution < -0.4 is 9.32 Å². The summed E-state index contributed by atoms with van der Waals surface area (Å²) in [5.74, 6) is 0. The van der Waals surface area contributed by atoms with E-state index in [-0.39, 0.29) is 0 Å². The Bertz CT molecular complexity index is 169. The van der Waals surface area contributed by atoms with Crippen LogP contribution in [0.5, 0.6) is 0 Å². The molecule has 1 aromatic heterocycles. The maximum absolute atomic E-state index is 10.4. The average Bonchev–Trinajstić information content (AvgIpc) is 1.77. The molecular weight excluding hydrogens is 154 g/mol. The molecule has 0 aliphatic rings. The summed E-state index contributed by atoms with van der Waals surface area (Å²) in [6, 6.07) is 4.94. The summed E-state index contributed by atoms with van der Waals surface area (Å²) in [5, 5.41) is 10.4. The predicted molar refractivity (Wildman–Crippen MR) is 25.0 cm³/mol. The zero-order valence-corrected chi connectivity index (χ0v) is 4.91. The molecule has 1 aromatic rings. The Labute approximate surface area is 55.5 Å². The SMILES string of the molecule is [O-][n+]1cccc[c]1[Cu]. The van der Waals surface area contributed by atoms with Crippen LogP contribution in [0.4, 0.5) is 0 Å². The van der Waals surface area contributed by atoms with Gasteiger partial charge in [-0.15, -0.1) is 0 Å². The average molecular weight is 158 g/mol. The normalized spacial score (nSPS) is 9.25. The van der Waals surface area contributed by atoms with E-state index in [1.54, 1.807) is 18.2 Å². The van der Waals surface area contributed by atoms with Gasteiger partial charge in [0.15, 0.2) is 0 Å². The molecule has 0 unspecified atom stereocenters. The molecule has 0 radical (unpaired) electrons. The predicted octanol–water partition coefficient (Wildman–Crippen LogP) is -0.508. The van der Waals surface area contributed by atoms with E-state index in [0.717, 1.165) is 0 Å². The molecule has 0 fully saturated rings. The van der Waals surface area contributed by atoms with Crippen LogP contribution >= 0.6 is 0 Å². The van der Waals surface area contributed by atoms with E-state index in [1.165, 1.54) is 6.20 Å². The van der Waals surface area contributed by atoms with Crippen molar-refractivity contribution in [2.75, 3.05) is 0 Å². The molecule has 0 saturated carbocycles. The van der Waals surface area contributed by atoms with Gasteiger partial charge < -0.3 is 0 Å². The van der Waals surface area contributed by atoms with Gasteiger partial charge in [-0.25, -0.2) is 0 Å². The van der Waals surface area contributed by atoms with Crippen molar-refractivity contribution in [2.45, 2.75) is 0 Å². The third-order valence-electron chi connectivity index (χ3n) is 0.747. The molecule has 2 nitrogen and oxygen atoms in total. The molecule has 0 atom stereocenters. The fourth-order valence-electron chi connectivity index (χ4n) is 0.394. The van der Waals surface area contributed by atoms with Crippen LogP contribution in [0.3, 0.4) is 0 Å². The first-order valence-corrected chi connectivity index (χ1v) is 2.57. The molecule has 0 saturated heterocycles. The second kappa shape index (κ2) is 2.16. The van der Waals surface area contributed by atoms with Crippen LogP contribution in [0.2, 0.25) is 0 Å². The second-order valence-electron chi connectivity index (χ2n) is 1.31. The summed E-state index contributed by atoms with van der Waals surface area (Å²) in [5.41, 5.74) is 0. The zero-order chi connectivity index (χ0) is 5.98. The molecule has 0 N–H and O–H groups in total. The number of nitrogens with zero attached hydrogens (tertiary/aromatic N) is 1. The molecule has 3 heteroatoms. The summed E-state index contributed by atoms with van der Waals surface area (Å²) in [6.07, 6.45) is 1.37. The first-order chi connectivity index (χ1) is 3.80. The van der Waals surface area contributed by atoms with Crippen molar-refractivity contribution in [3.05, 3.63) is 29.6 Å². The van der Waals surface area contributed by atoms with Crippen molar-refractivity contribution in [3.63, 3.8) is 0 Å². The van der Waals surface area contributed by atoms with E-state index in [2.05, 4.69) is 0 Å². The van der Waals surface area contributed by atoms with E-state index >= 15 is 0 Å². The van der Waals surface area contributed by atoms with Crippen molar-refractivity contribution >= 4 is 4.59 Å². The third kappa shape index (κ3) is 0.997. The van der Waals surface area contributed by atoms with Crippen LogP contribution in [0.15, 0.2) is 24.4 Å². The van der Waals surface area contributed by atoms with Crippen LogP contribution in [-0.2, 0) is 16.0 Å². The number of rotatable bonds is 0. The third-order valence-corrected chi connectivity index (χ3v) is 1.11. The van der Waals surface area contributed by atoms with Gasteiger partial charge in [-0.2, -0.15) is 0 Å². The molecule has 46 valence electrons. The number of aromatic nitrogens is 1. The van der Waals surface area contributed by atoms with Crippen molar-refractivity contribution < 1.29 is 20.7 Å². The van der Waals surface area contributed by atoms with E-state index < -0.39 is 0 Å². The maximum atomic E-state index is 10.4. The first-order valence-electron chi connectivity index (χ1n) is 2.10. The van der Waals surface area contributed by atoms with Crippen molar-refractivity contribution in [3.8, 4) is 0 Å². The molecule has 8 heavy (non-hydrogen) atoms. The van der Waals surface area contributed by atoms with Gasteiger partial charge in [-0.3, -0.25) is 0 Å². The van der Waals surface area contributed by atoms with Gasteiger partial charge in [0.2, 0.25) is 0 Å². The quantitative estimate of drug-likeness (QED) is 0.283. The summed E-state index contributed by atoms with van der Waals surface area (Å²) in [7, 11) is 0. The molecule has 0 aliphatic heterocycles. The molecule has 0 aliphatic carbocycles. The van der Waals surface area contributed by atoms with Gasteiger partial charge >= 0.3 is 54.9 Å². The van der Waals surface area contributed by atoms with E-state index in [4.69, 9.17) is 16.0 Å². The monoisotopic (exact) mass is 157 g/mol. The molecule has 0 bridgehead atoms. The van der Waals surface area contributed by atoms with Gasteiger partial charge in [0.25, 0.3) is 0 Å². The summed E-state index contributed by atoms with van der Waals surface area (Å²) in [6.45, 7) is 0.